The number of carbonyl (C=O) groups is 1. The number of nitrogens with zero attached hydrogens (tertiary/aromatic N) is 1. The molecule has 0 spiro atoms. The molecule has 104 valence electrons. The van der Waals surface area contributed by atoms with Crippen molar-refractivity contribution in [2.24, 2.45) is 17.1 Å². The van der Waals surface area contributed by atoms with Gasteiger partial charge in [-0.2, -0.15) is 5.26 Å². The van der Waals surface area contributed by atoms with E-state index in [1.807, 2.05) is 24.3 Å². The van der Waals surface area contributed by atoms with E-state index in [2.05, 4.69) is 18.2 Å². The molecule has 1 aromatic rings. The first kappa shape index (κ1) is 14.3. The van der Waals surface area contributed by atoms with Crippen molar-refractivity contribution < 1.29 is 4.79 Å². The summed E-state index contributed by atoms with van der Waals surface area (Å²) in [5.74, 6) is -0.494. The summed E-state index contributed by atoms with van der Waals surface area (Å²) in [6, 6.07) is 12.6. The maximum atomic E-state index is 11.1. The fourth-order valence-electron chi connectivity index (χ4n) is 3.15. The molecular formula is C17H20N2O. The van der Waals surface area contributed by atoms with Crippen LogP contribution in [0.4, 0.5) is 0 Å². The van der Waals surface area contributed by atoms with E-state index in [-0.39, 0.29) is 11.3 Å². The molecule has 3 heteroatoms. The van der Waals surface area contributed by atoms with E-state index in [9.17, 15) is 10.1 Å². The Kier molecular flexibility index (Phi) is 4.57. The van der Waals surface area contributed by atoms with Crippen molar-refractivity contribution in [3.8, 4) is 6.07 Å². The van der Waals surface area contributed by atoms with Crippen LogP contribution < -0.4 is 5.73 Å². The average molecular weight is 268 g/mol. The van der Waals surface area contributed by atoms with Crippen LogP contribution in [-0.2, 0) is 11.2 Å². The van der Waals surface area contributed by atoms with Gasteiger partial charge >= 0.3 is 0 Å². The third kappa shape index (κ3) is 3.27. The molecule has 1 amide bonds. The standard InChI is InChI=1S/C17H20N2O/c18-13-15-8-4-5-10-17(15,11-9-16(19)20)12-14-6-2-1-3-7-14/h1-3,6-7,9,11,15H,4-5,8,10,12H2,(H2,19,20). The van der Waals surface area contributed by atoms with Crippen LogP contribution in [0.5, 0.6) is 0 Å². The highest BCUT2D eigenvalue weighted by Gasteiger charge is 2.39. The van der Waals surface area contributed by atoms with E-state index in [0.717, 1.165) is 32.1 Å². The lowest BCUT2D eigenvalue weighted by Crippen LogP contribution is -2.34. The molecule has 1 aromatic carbocycles. The van der Waals surface area contributed by atoms with Gasteiger partial charge in [-0.15, -0.1) is 0 Å². The van der Waals surface area contributed by atoms with Crippen molar-refractivity contribution in [1.29, 1.82) is 5.26 Å². The largest absolute Gasteiger partial charge is 0.366 e. The van der Waals surface area contributed by atoms with Gasteiger partial charge in [0, 0.05) is 5.41 Å². The minimum atomic E-state index is -0.445. The first-order valence-corrected chi connectivity index (χ1v) is 7.08. The molecule has 0 heterocycles. The Bertz CT molecular complexity index is 530. The van der Waals surface area contributed by atoms with Crippen LogP contribution >= 0.6 is 0 Å². The number of carbonyl (C=O) groups excluding carboxylic acids is 1. The van der Waals surface area contributed by atoms with E-state index >= 15 is 0 Å². The molecule has 2 unspecified atom stereocenters. The highest BCUT2D eigenvalue weighted by molar-refractivity contribution is 5.85. The molecule has 3 nitrogen and oxygen atoms in total. The van der Waals surface area contributed by atoms with E-state index in [1.54, 1.807) is 0 Å². The topological polar surface area (TPSA) is 66.9 Å². The highest BCUT2D eigenvalue weighted by Crippen LogP contribution is 2.44. The first-order chi connectivity index (χ1) is 9.66. The number of nitrogens with two attached hydrogens (primary N) is 1. The molecule has 20 heavy (non-hydrogen) atoms. The fraction of sp³-hybridized carbons (Fsp3) is 0.412. The molecule has 0 radical (unpaired) electrons. The Balaban J connectivity index is 2.32. The predicted octanol–water partition coefficient (Wildman–Crippen LogP) is 2.97. The lowest BCUT2D eigenvalue weighted by molar-refractivity contribution is -0.113. The van der Waals surface area contributed by atoms with Crippen molar-refractivity contribution >= 4 is 5.91 Å². The van der Waals surface area contributed by atoms with Gasteiger partial charge in [-0.3, -0.25) is 4.79 Å². The SMILES string of the molecule is N#CC1CCCCC1(C=CC(N)=O)Cc1ccccc1. The molecule has 2 rings (SSSR count). The van der Waals surface area contributed by atoms with Crippen LogP contribution in [0.25, 0.3) is 0 Å². The summed E-state index contributed by atoms with van der Waals surface area (Å²) in [4.78, 5) is 11.1. The predicted molar refractivity (Wildman–Crippen MR) is 78.5 cm³/mol. The zero-order valence-corrected chi connectivity index (χ0v) is 11.6. The number of hydrogen-bond acceptors (Lipinski definition) is 2. The molecule has 1 fully saturated rings. The normalized spacial score (nSPS) is 26.2. The van der Waals surface area contributed by atoms with Crippen LogP contribution in [0, 0.1) is 22.7 Å². The summed E-state index contributed by atoms with van der Waals surface area (Å²) < 4.78 is 0. The third-order valence-corrected chi connectivity index (χ3v) is 4.19. The van der Waals surface area contributed by atoms with E-state index in [1.165, 1.54) is 11.6 Å². The molecule has 1 aliphatic rings. The Hall–Kier alpha value is -2.08. The van der Waals surface area contributed by atoms with Gasteiger partial charge in [-0.25, -0.2) is 0 Å². The number of nitriles is 1. The minimum absolute atomic E-state index is 0.0490. The quantitative estimate of drug-likeness (QED) is 0.853. The van der Waals surface area contributed by atoms with Crippen LogP contribution in [-0.4, -0.2) is 5.91 Å². The third-order valence-electron chi connectivity index (χ3n) is 4.19. The second-order valence-electron chi connectivity index (χ2n) is 5.56. The van der Waals surface area contributed by atoms with Crippen LogP contribution in [0.15, 0.2) is 42.5 Å². The van der Waals surface area contributed by atoms with E-state index < -0.39 is 5.91 Å². The van der Waals surface area contributed by atoms with Gasteiger partial charge in [-0.1, -0.05) is 49.2 Å². The monoisotopic (exact) mass is 268 g/mol. The Morgan fingerprint density at radius 3 is 2.80 bits per heavy atom. The van der Waals surface area contributed by atoms with Gasteiger partial charge in [0.15, 0.2) is 0 Å². The number of hydrogen-bond donors (Lipinski definition) is 1. The van der Waals surface area contributed by atoms with Gasteiger partial charge < -0.3 is 5.73 Å². The van der Waals surface area contributed by atoms with Crippen molar-refractivity contribution in [3.63, 3.8) is 0 Å². The molecule has 0 saturated heterocycles. The summed E-state index contributed by atoms with van der Waals surface area (Å²) >= 11 is 0. The van der Waals surface area contributed by atoms with Crippen molar-refractivity contribution in [2.75, 3.05) is 0 Å². The molecular weight excluding hydrogens is 248 g/mol. The number of primary amides is 1. The summed E-state index contributed by atoms with van der Waals surface area (Å²) in [5.41, 5.74) is 6.18. The van der Waals surface area contributed by atoms with Crippen molar-refractivity contribution in [2.45, 2.75) is 32.1 Å². The van der Waals surface area contributed by atoms with Gasteiger partial charge in [0.2, 0.25) is 5.91 Å². The molecule has 0 bridgehead atoms. The van der Waals surface area contributed by atoms with Gasteiger partial charge in [0.1, 0.15) is 0 Å². The number of amides is 1. The summed E-state index contributed by atoms with van der Waals surface area (Å²) in [7, 11) is 0. The van der Waals surface area contributed by atoms with Crippen LogP contribution in [0.1, 0.15) is 31.2 Å². The molecule has 1 aliphatic carbocycles. The summed E-state index contributed by atoms with van der Waals surface area (Å²) in [5, 5.41) is 9.47. The molecule has 0 aromatic heterocycles. The van der Waals surface area contributed by atoms with Gasteiger partial charge in [-0.05, 0) is 30.9 Å². The van der Waals surface area contributed by atoms with E-state index in [4.69, 9.17) is 5.73 Å². The van der Waals surface area contributed by atoms with Gasteiger partial charge in [0.25, 0.3) is 0 Å². The maximum Gasteiger partial charge on any atom is 0.241 e. The lowest BCUT2D eigenvalue weighted by Gasteiger charge is -2.39. The highest BCUT2D eigenvalue weighted by atomic mass is 16.1. The van der Waals surface area contributed by atoms with Crippen LogP contribution in [0.3, 0.4) is 0 Å². The molecule has 0 aliphatic heterocycles. The maximum absolute atomic E-state index is 11.1. The number of allylic oxidation sites excluding steroid dienone is 1. The number of benzene rings is 1. The van der Waals surface area contributed by atoms with Crippen LogP contribution in [0.2, 0.25) is 0 Å². The summed E-state index contributed by atoms with van der Waals surface area (Å²) in [6.07, 6.45) is 8.10. The Labute approximate surface area is 120 Å². The zero-order valence-electron chi connectivity index (χ0n) is 11.6. The average Bonchev–Trinajstić information content (AvgIpc) is 2.47. The zero-order chi connectivity index (χ0) is 14.4. The second kappa shape index (κ2) is 6.38. The fourth-order valence-corrected chi connectivity index (χ4v) is 3.15. The Morgan fingerprint density at radius 1 is 1.40 bits per heavy atom. The Morgan fingerprint density at radius 2 is 2.15 bits per heavy atom. The first-order valence-electron chi connectivity index (χ1n) is 7.08. The van der Waals surface area contributed by atoms with E-state index in [0.29, 0.717) is 0 Å². The van der Waals surface area contributed by atoms with Gasteiger partial charge in [0.05, 0.1) is 12.0 Å². The second-order valence-corrected chi connectivity index (χ2v) is 5.56. The molecule has 1 saturated carbocycles. The molecule has 2 atom stereocenters. The minimum Gasteiger partial charge on any atom is -0.366 e. The lowest BCUT2D eigenvalue weighted by atomic mass is 9.63. The smallest absolute Gasteiger partial charge is 0.241 e. The summed E-state index contributed by atoms with van der Waals surface area (Å²) in [6.45, 7) is 0. The number of rotatable bonds is 4. The molecule has 2 N–H and O–H groups in total. The van der Waals surface area contributed by atoms with Crippen molar-refractivity contribution in [3.05, 3.63) is 48.0 Å². The van der Waals surface area contributed by atoms with Crippen molar-refractivity contribution in [1.82, 2.24) is 0 Å².